The van der Waals surface area contributed by atoms with Gasteiger partial charge in [-0.3, -0.25) is 0 Å². The van der Waals surface area contributed by atoms with Crippen molar-refractivity contribution in [1.82, 2.24) is 4.90 Å². The van der Waals surface area contributed by atoms with Crippen LogP contribution in [0.5, 0.6) is 0 Å². The second kappa shape index (κ2) is 6.62. The van der Waals surface area contributed by atoms with Crippen LogP contribution in [0.25, 0.3) is 22.1 Å². The minimum atomic E-state index is 0.714. The smallest absolute Gasteiger partial charge is 0.134 e. The monoisotopic (exact) mass is 339 g/mol. The molecule has 0 radical (unpaired) electrons. The SMILES string of the molecule is CC1CCCN1CCc1cc2cc(-c3ccc(Cl)cc3)ccc2o1. The second-order valence-electron chi connectivity index (χ2n) is 6.75. The molecule has 124 valence electrons. The molecule has 1 unspecified atom stereocenters. The van der Waals surface area contributed by atoms with Gasteiger partial charge in [-0.2, -0.15) is 0 Å². The summed E-state index contributed by atoms with van der Waals surface area (Å²) in [5, 5.41) is 1.94. The molecule has 2 heterocycles. The summed E-state index contributed by atoms with van der Waals surface area (Å²) in [4.78, 5) is 2.56. The number of hydrogen-bond donors (Lipinski definition) is 0. The van der Waals surface area contributed by atoms with Crippen LogP contribution in [0, 0.1) is 0 Å². The summed E-state index contributed by atoms with van der Waals surface area (Å²) in [5.74, 6) is 1.08. The van der Waals surface area contributed by atoms with Crippen molar-refractivity contribution in [2.45, 2.75) is 32.2 Å². The summed E-state index contributed by atoms with van der Waals surface area (Å²) in [5.41, 5.74) is 3.34. The summed E-state index contributed by atoms with van der Waals surface area (Å²) in [7, 11) is 0. The molecule has 0 spiro atoms. The van der Waals surface area contributed by atoms with Gasteiger partial charge in [0.05, 0.1) is 0 Å². The zero-order chi connectivity index (χ0) is 16.5. The van der Waals surface area contributed by atoms with Crippen molar-refractivity contribution >= 4 is 22.6 Å². The van der Waals surface area contributed by atoms with Gasteiger partial charge in [0.2, 0.25) is 0 Å². The number of benzene rings is 2. The van der Waals surface area contributed by atoms with E-state index in [1.54, 1.807) is 0 Å². The number of fused-ring (bicyclic) bond motifs is 1. The highest BCUT2D eigenvalue weighted by atomic mass is 35.5. The molecule has 0 aliphatic carbocycles. The molecule has 1 atom stereocenters. The van der Waals surface area contributed by atoms with Gasteiger partial charge in [-0.05, 0) is 67.8 Å². The second-order valence-corrected chi connectivity index (χ2v) is 7.19. The van der Waals surface area contributed by atoms with Gasteiger partial charge in [-0.15, -0.1) is 0 Å². The van der Waals surface area contributed by atoms with Gasteiger partial charge < -0.3 is 9.32 Å². The minimum absolute atomic E-state index is 0.714. The number of furan rings is 1. The lowest BCUT2D eigenvalue weighted by molar-refractivity contribution is 0.266. The van der Waals surface area contributed by atoms with Crippen molar-refractivity contribution in [3.05, 3.63) is 59.3 Å². The predicted octanol–water partition coefficient (Wildman–Crippen LogP) is 5.78. The first-order valence-corrected chi connectivity index (χ1v) is 9.09. The van der Waals surface area contributed by atoms with Crippen molar-refractivity contribution in [3.8, 4) is 11.1 Å². The molecule has 0 N–H and O–H groups in total. The van der Waals surface area contributed by atoms with Crippen LogP contribution in [0.2, 0.25) is 5.02 Å². The first-order valence-electron chi connectivity index (χ1n) is 8.71. The number of likely N-dealkylation sites (tertiary alicyclic amines) is 1. The maximum atomic E-state index is 6.03. The number of halogens is 1. The van der Waals surface area contributed by atoms with Crippen LogP contribution in [0.1, 0.15) is 25.5 Å². The molecule has 0 saturated carbocycles. The standard InChI is InChI=1S/C21H22ClNO/c1-15-3-2-11-23(15)12-10-20-14-18-13-17(6-9-21(18)24-20)16-4-7-19(22)8-5-16/h4-9,13-15H,2-3,10-12H2,1H3. The molecule has 0 bridgehead atoms. The minimum Gasteiger partial charge on any atom is -0.461 e. The molecule has 1 aliphatic rings. The first kappa shape index (κ1) is 15.7. The number of rotatable bonds is 4. The van der Waals surface area contributed by atoms with Gasteiger partial charge in [0.1, 0.15) is 11.3 Å². The van der Waals surface area contributed by atoms with Crippen molar-refractivity contribution in [2.75, 3.05) is 13.1 Å². The van der Waals surface area contributed by atoms with E-state index < -0.39 is 0 Å². The Hall–Kier alpha value is -1.77. The van der Waals surface area contributed by atoms with Crippen molar-refractivity contribution in [1.29, 1.82) is 0 Å². The molecule has 24 heavy (non-hydrogen) atoms. The Morgan fingerprint density at radius 3 is 2.62 bits per heavy atom. The maximum Gasteiger partial charge on any atom is 0.134 e. The van der Waals surface area contributed by atoms with E-state index >= 15 is 0 Å². The third-order valence-electron chi connectivity index (χ3n) is 5.08. The van der Waals surface area contributed by atoms with E-state index in [0.717, 1.165) is 29.3 Å². The van der Waals surface area contributed by atoms with Gasteiger partial charge in [0, 0.05) is 29.4 Å². The lowest BCUT2D eigenvalue weighted by Gasteiger charge is -2.19. The van der Waals surface area contributed by atoms with E-state index in [2.05, 4.69) is 48.2 Å². The predicted molar refractivity (Wildman–Crippen MR) is 101 cm³/mol. The largest absolute Gasteiger partial charge is 0.461 e. The van der Waals surface area contributed by atoms with E-state index in [-0.39, 0.29) is 0 Å². The number of nitrogens with zero attached hydrogens (tertiary/aromatic N) is 1. The summed E-state index contributed by atoms with van der Waals surface area (Å²) in [6.07, 6.45) is 3.63. The maximum absolute atomic E-state index is 6.03. The van der Waals surface area contributed by atoms with Gasteiger partial charge in [-0.25, -0.2) is 0 Å². The highest BCUT2D eigenvalue weighted by Crippen LogP contribution is 2.28. The van der Waals surface area contributed by atoms with Gasteiger partial charge >= 0.3 is 0 Å². The van der Waals surface area contributed by atoms with Crippen LogP contribution in [-0.4, -0.2) is 24.0 Å². The highest BCUT2D eigenvalue weighted by Gasteiger charge is 2.20. The molecule has 3 aromatic rings. The Balaban J connectivity index is 1.53. The zero-order valence-electron chi connectivity index (χ0n) is 14.0. The van der Waals surface area contributed by atoms with Crippen LogP contribution in [0.15, 0.2) is 52.9 Å². The van der Waals surface area contributed by atoms with Crippen molar-refractivity contribution in [3.63, 3.8) is 0 Å². The third-order valence-corrected chi connectivity index (χ3v) is 5.33. The molecule has 1 saturated heterocycles. The average Bonchev–Trinajstić information content (AvgIpc) is 3.18. The summed E-state index contributed by atoms with van der Waals surface area (Å²) < 4.78 is 6.03. The average molecular weight is 340 g/mol. The fraction of sp³-hybridized carbons (Fsp3) is 0.333. The van der Waals surface area contributed by atoms with Crippen LogP contribution >= 0.6 is 11.6 Å². The quantitative estimate of drug-likeness (QED) is 0.599. The van der Waals surface area contributed by atoms with E-state index in [4.69, 9.17) is 16.0 Å². The van der Waals surface area contributed by atoms with Gasteiger partial charge in [0.15, 0.2) is 0 Å². The van der Waals surface area contributed by atoms with E-state index in [1.165, 1.54) is 35.9 Å². The Kier molecular flexibility index (Phi) is 4.34. The Morgan fingerprint density at radius 1 is 1.08 bits per heavy atom. The van der Waals surface area contributed by atoms with Crippen LogP contribution in [-0.2, 0) is 6.42 Å². The molecule has 2 nitrogen and oxygen atoms in total. The highest BCUT2D eigenvalue weighted by molar-refractivity contribution is 6.30. The molecule has 4 rings (SSSR count). The Labute approximate surface area is 148 Å². The molecular formula is C21H22ClNO. The van der Waals surface area contributed by atoms with Crippen molar-refractivity contribution < 1.29 is 4.42 Å². The summed E-state index contributed by atoms with van der Waals surface area (Å²) in [6, 6.07) is 17.3. The van der Waals surface area contributed by atoms with E-state index in [9.17, 15) is 0 Å². The lowest BCUT2D eigenvalue weighted by Crippen LogP contribution is -2.28. The first-order chi connectivity index (χ1) is 11.7. The van der Waals surface area contributed by atoms with Gasteiger partial charge in [-0.1, -0.05) is 29.8 Å². The van der Waals surface area contributed by atoms with Crippen molar-refractivity contribution in [2.24, 2.45) is 0 Å². The molecule has 0 amide bonds. The van der Waals surface area contributed by atoms with E-state index in [0.29, 0.717) is 6.04 Å². The third kappa shape index (κ3) is 3.22. The van der Waals surface area contributed by atoms with E-state index in [1.807, 2.05) is 12.1 Å². The fourth-order valence-electron chi connectivity index (χ4n) is 3.62. The molecule has 1 aromatic heterocycles. The Morgan fingerprint density at radius 2 is 1.88 bits per heavy atom. The lowest BCUT2D eigenvalue weighted by atomic mass is 10.0. The summed E-state index contributed by atoms with van der Waals surface area (Å²) in [6.45, 7) is 4.64. The topological polar surface area (TPSA) is 16.4 Å². The molecule has 1 aliphatic heterocycles. The van der Waals surface area contributed by atoms with Crippen LogP contribution in [0.3, 0.4) is 0 Å². The zero-order valence-corrected chi connectivity index (χ0v) is 14.7. The number of hydrogen-bond acceptors (Lipinski definition) is 2. The summed E-state index contributed by atoms with van der Waals surface area (Å²) >= 11 is 5.98. The van der Waals surface area contributed by atoms with Gasteiger partial charge in [0.25, 0.3) is 0 Å². The Bertz CT molecular complexity index is 837. The molecule has 3 heteroatoms. The normalized spacial score (nSPS) is 18.5. The fourth-order valence-corrected chi connectivity index (χ4v) is 3.75. The van der Waals surface area contributed by atoms with Crippen LogP contribution in [0.4, 0.5) is 0 Å². The van der Waals surface area contributed by atoms with Crippen LogP contribution < -0.4 is 0 Å². The molecule has 1 fully saturated rings. The molecule has 2 aromatic carbocycles. The molecular weight excluding hydrogens is 318 g/mol.